The Morgan fingerprint density at radius 2 is 2.36 bits per heavy atom. The number of hydrogen-bond donors (Lipinski definition) is 0. The van der Waals surface area contributed by atoms with Crippen LogP contribution in [0.15, 0.2) is 18.3 Å². The molecule has 0 saturated carbocycles. The van der Waals surface area contributed by atoms with Crippen molar-refractivity contribution in [1.82, 2.24) is 9.78 Å². The Labute approximate surface area is 66.2 Å². The van der Waals surface area contributed by atoms with E-state index in [0.29, 0.717) is 0 Å². The van der Waals surface area contributed by atoms with Crippen LogP contribution >= 0.6 is 0 Å². The van der Waals surface area contributed by atoms with Crippen molar-refractivity contribution in [2.45, 2.75) is 6.92 Å². The first-order chi connectivity index (χ1) is 5.11. The summed E-state index contributed by atoms with van der Waals surface area (Å²) in [5.41, 5.74) is 1.01. The lowest BCUT2D eigenvalue weighted by molar-refractivity contribution is 0.742. The lowest BCUT2D eigenvalue weighted by Crippen LogP contribution is -2.26. The molecule has 0 amide bonds. The third kappa shape index (κ3) is 1.58. The number of aryl methyl sites for hydroxylation is 1. The Morgan fingerprint density at radius 3 is 2.73 bits per heavy atom. The van der Waals surface area contributed by atoms with Gasteiger partial charge >= 0.3 is 0 Å². The van der Waals surface area contributed by atoms with Crippen molar-refractivity contribution in [3.63, 3.8) is 0 Å². The Kier molecular flexibility index (Phi) is 1.94. The molecule has 1 rings (SSSR count). The number of aromatic nitrogens is 2. The SMILES string of the molecule is C=C(C)/C=c1\c(=C)cnn1C. The van der Waals surface area contributed by atoms with Gasteiger partial charge in [0.25, 0.3) is 0 Å². The molecular formula is C9H12N2. The zero-order chi connectivity index (χ0) is 8.43. The van der Waals surface area contributed by atoms with Crippen LogP contribution in [0.3, 0.4) is 0 Å². The van der Waals surface area contributed by atoms with E-state index in [0.717, 1.165) is 16.1 Å². The number of nitrogens with zero attached hydrogens (tertiary/aromatic N) is 2. The van der Waals surface area contributed by atoms with Crippen LogP contribution in [0.25, 0.3) is 12.7 Å². The van der Waals surface area contributed by atoms with Crippen LogP contribution in [-0.2, 0) is 7.05 Å². The van der Waals surface area contributed by atoms with Gasteiger partial charge in [0.05, 0.1) is 11.5 Å². The number of hydrogen-bond acceptors (Lipinski definition) is 1. The molecule has 0 aliphatic rings. The largest absolute Gasteiger partial charge is 0.268 e. The predicted octanol–water partition coefficient (Wildman–Crippen LogP) is 0.187. The summed E-state index contributed by atoms with van der Waals surface area (Å²) in [6.45, 7) is 9.58. The number of allylic oxidation sites excluding steroid dienone is 1. The zero-order valence-electron chi connectivity index (χ0n) is 6.96. The summed E-state index contributed by atoms with van der Waals surface area (Å²) in [5, 5.41) is 6.02. The van der Waals surface area contributed by atoms with Crippen molar-refractivity contribution >= 4 is 12.7 Å². The molecule has 0 aliphatic heterocycles. The first-order valence-electron chi connectivity index (χ1n) is 3.45. The molecule has 1 heterocycles. The molecule has 1 aromatic heterocycles. The molecule has 0 atom stereocenters. The molecule has 0 fully saturated rings. The summed E-state index contributed by atoms with van der Waals surface area (Å²) in [6.07, 6.45) is 3.71. The van der Waals surface area contributed by atoms with E-state index in [2.05, 4.69) is 18.3 Å². The Balaban J connectivity index is 3.43. The quantitative estimate of drug-likeness (QED) is 0.556. The fraction of sp³-hybridized carbons (Fsp3) is 0.222. The highest BCUT2D eigenvalue weighted by molar-refractivity contribution is 5.41. The van der Waals surface area contributed by atoms with Gasteiger partial charge in [0.2, 0.25) is 0 Å². The van der Waals surface area contributed by atoms with E-state index in [-0.39, 0.29) is 0 Å². The molecule has 58 valence electrons. The molecule has 11 heavy (non-hydrogen) atoms. The van der Waals surface area contributed by atoms with E-state index in [4.69, 9.17) is 0 Å². The molecule has 2 nitrogen and oxygen atoms in total. The van der Waals surface area contributed by atoms with Crippen LogP contribution in [0.2, 0.25) is 0 Å². The molecule has 1 aromatic rings. The van der Waals surface area contributed by atoms with E-state index in [9.17, 15) is 0 Å². The molecule has 0 spiro atoms. The molecule has 0 saturated heterocycles. The maximum atomic E-state index is 4.05. The summed E-state index contributed by atoms with van der Waals surface area (Å²) in [5.74, 6) is 0. The van der Waals surface area contributed by atoms with Crippen molar-refractivity contribution in [3.8, 4) is 0 Å². The molecule has 2 heteroatoms. The smallest absolute Gasteiger partial charge is 0.0675 e. The molecule has 0 unspecified atom stereocenters. The molecule has 0 bridgehead atoms. The van der Waals surface area contributed by atoms with Gasteiger partial charge in [-0.3, -0.25) is 4.68 Å². The molecule has 0 aromatic carbocycles. The maximum Gasteiger partial charge on any atom is 0.0675 e. The van der Waals surface area contributed by atoms with Crippen molar-refractivity contribution in [3.05, 3.63) is 28.9 Å². The van der Waals surface area contributed by atoms with E-state index in [1.807, 2.05) is 20.0 Å². The fourth-order valence-corrected chi connectivity index (χ4v) is 0.912. The Bertz CT molecular complexity index is 371. The van der Waals surface area contributed by atoms with Gasteiger partial charge in [-0.1, -0.05) is 18.7 Å². The lowest BCUT2D eigenvalue weighted by atomic mass is 10.3. The average Bonchev–Trinajstić information content (AvgIpc) is 2.18. The standard InChI is InChI=1S/C9H12N2/c1-7(2)5-9-8(3)6-10-11(9)4/h5-6H,1,3H2,2,4H3/b9-5+. The first-order valence-corrected chi connectivity index (χ1v) is 3.45. The zero-order valence-corrected chi connectivity index (χ0v) is 6.96. The van der Waals surface area contributed by atoms with Crippen LogP contribution in [0, 0.1) is 0 Å². The maximum absolute atomic E-state index is 4.05. The summed E-state index contributed by atoms with van der Waals surface area (Å²) < 4.78 is 1.79. The van der Waals surface area contributed by atoms with E-state index in [1.165, 1.54) is 0 Å². The van der Waals surface area contributed by atoms with Crippen LogP contribution in [0.4, 0.5) is 0 Å². The second-order valence-electron chi connectivity index (χ2n) is 2.67. The third-order valence-electron chi connectivity index (χ3n) is 1.45. The highest BCUT2D eigenvalue weighted by Gasteiger charge is 1.88. The Hall–Kier alpha value is -1.31. The normalized spacial score (nSPS) is 12.0. The average molecular weight is 148 g/mol. The van der Waals surface area contributed by atoms with Crippen molar-refractivity contribution in [2.24, 2.45) is 7.05 Å². The molecule has 0 N–H and O–H groups in total. The van der Waals surface area contributed by atoms with Crippen LogP contribution in [0.5, 0.6) is 0 Å². The number of rotatable bonds is 1. The third-order valence-corrected chi connectivity index (χ3v) is 1.45. The first kappa shape index (κ1) is 7.79. The van der Waals surface area contributed by atoms with Crippen LogP contribution in [-0.4, -0.2) is 9.78 Å². The van der Waals surface area contributed by atoms with Gasteiger partial charge in [0.1, 0.15) is 0 Å². The van der Waals surface area contributed by atoms with Crippen LogP contribution in [0.1, 0.15) is 6.92 Å². The summed E-state index contributed by atoms with van der Waals surface area (Å²) in [4.78, 5) is 0. The van der Waals surface area contributed by atoms with E-state index in [1.54, 1.807) is 10.9 Å². The monoisotopic (exact) mass is 148 g/mol. The van der Waals surface area contributed by atoms with Crippen molar-refractivity contribution in [1.29, 1.82) is 0 Å². The second-order valence-corrected chi connectivity index (χ2v) is 2.67. The molecule has 0 aliphatic carbocycles. The van der Waals surface area contributed by atoms with Crippen LogP contribution < -0.4 is 10.6 Å². The lowest BCUT2D eigenvalue weighted by Gasteiger charge is -1.88. The molecular weight excluding hydrogens is 136 g/mol. The summed E-state index contributed by atoms with van der Waals surface area (Å²) in [7, 11) is 1.89. The highest BCUT2D eigenvalue weighted by atomic mass is 15.2. The van der Waals surface area contributed by atoms with Gasteiger partial charge in [-0.05, 0) is 13.0 Å². The van der Waals surface area contributed by atoms with Gasteiger partial charge in [0, 0.05) is 12.3 Å². The minimum absolute atomic E-state index is 0.940. The summed E-state index contributed by atoms with van der Waals surface area (Å²) >= 11 is 0. The minimum Gasteiger partial charge on any atom is -0.268 e. The highest BCUT2D eigenvalue weighted by Crippen LogP contribution is 1.84. The van der Waals surface area contributed by atoms with E-state index >= 15 is 0 Å². The topological polar surface area (TPSA) is 17.8 Å². The van der Waals surface area contributed by atoms with Crippen molar-refractivity contribution < 1.29 is 0 Å². The van der Waals surface area contributed by atoms with Gasteiger partial charge in [-0.25, -0.2) is 0 Å². The summed E-state index contributed by atoms with van der Waals surface area (Å²) in [6, 6.07) is 0. The minimum atomic E-state index is 0.940. The Morgan fingerprint density at radius 1 is 1.73 bits per heavy atom. The second kappa shape index (κ2) is 2.74. The molecule has 0 radical (unpaired) electrons. The van der Waals surface area contributed by atoms with Crippen molar-refractivity contribution in [2.75, 3.05) is 0 Å². The van der Waals surface area contributed by atoms with E-state index < -0.39 is 0 Å². The van der Waals surface area contributed by atoms with Gasteiger partial charge in [-0.15, -0.1) is 0 Å². The van der Waals surface area contributed by atoms with Gasteiger partial charge in [0.15, 0.2) is 0 Å². The van der Waals surface area contributed by atoms with Gasteiger partial charge in [-0.2, -0.15) is 5.10 Å². The predicted molar refractivity (Wildman–Crippen MR) is 47.3 cm³/mol. The fourth-order valence-electron chi connectivity index (χ4n) is 0.912. The van der Waals surface area contributed by atoms with Gasteiger partial charge < -0.3 is 0 Å².